The molecule has 0 unspecified atom stereocenters. The van der Waals surface area contributed by atoms with Crippen LogP contribution in [0, 0.1) is 5.82 Å². The number of hydrogen-bond donors (Lipinski definition) is 2. The SMILES string of the molecule is CN[C@H](CS(C)(=O)=O)c1ccc(-c2ccc3ncnc(Nc4ccc5c(cnn5Cc5cccc(F)c5)c4)c3c2)o1. The number of nitrogens with one attached hydrogen (secondary N) is 2. The van der Waals surface area contributed by atoms with Crippen LogP contribution in [0.4, 0.5) is 15.9 Å². The third kappa shape index (κ3) is 5.81. The van der Waals surface area contributed by atoms with E-state index in [0.29, 0.717) is 23.9 Å². The van der Waals surface area contributed by atoms with Crippen molar-refractivity contribution < 1.29 is 17.2 Å². The van der Waals surface area contributed by atoms with Crippen LogP contribution in [-0.4, -0.2) is 47.2 Å². The molecule has 0 aliphatic heterocycles. The van der Waals surface area contributed by atoms with Crippen LogP contribution in [0.25, 0.3) is 33.1 Å². The summed E-state index contributed by atoms with van der Waals surface area (Å²) in [5.74, 6) is 1.44. The Balaban J connectivity index is 1.27. The summed E-state index contributed by atoms with van der Waals surface area (Å²) in [5.41, 5.74) is 4.16. The Hall–Kier alpha value is -4.61. The van der Waals surface area contributed by atoms with Crippen molar-refractivity contribution in [2.75, 3.05) is 24.4 Å². The summed E-state index contributed by atoms with van der Waals surface area (Å²) in [6.45, 7) is 0.463. The van der Waals surface area contributed by atoms with Crippen molar-refractivity contribution in [3.63, 3.8) is 0 Å². The summed E-state index contributed by atoms with van der Waals surface area (Å²) in [7, 11) is -1.49. The van der Waals surface area contributed by atoms with E-state index in [1.165, 1.54) is 24.7 Å². The van der Waals surface area contributed by atoms with Crippen molar-refractivity contribution in [3.8, 4) is 11.3 Å². The van der Waals surface area contributed by atoms with Crippen molar-refractivity contribution >= 4 is 43.1 Å². The van der Waals surface area contributed by atoms with Gasteiger partial charge in [0.1, 0.15) is 39.3 Å². The van der Waals surface area contributed by atoms with E-state index < -0.39 is 15.9 Å². The summed E-state index contributed by atoms with van der Waals surface area (Å²) in [5, 5.41) is 12.6. The highest BCUT2D eigenvalue weighted by atomic mass is 32.2. The number of fused-ring (bicyclic) bond motifs is 2. The van der Waals surface area contributed by atoms with Crippen molar-refractivity contribution in [2.24, 2.45) is 0 Å². The van der Waals surface area contributed by atoms with Gasteiger partial charge in [0.2, 0.25) is 0 Å². The highest BCUT2D eigenvalue weighted by Gasteiger charge is 2.20. The Bertz CT molecular complexity index is 1990. The average molecular weight is 571 g/mol. The van der Waals surface area contributed by atoms with E-state index >= 15 is 0 Å². The number of rotatable bonds is 9. The number of halogens is 1. The van der Waals surface area contributed by atoms with Crippen molar-refractivity contribution in [3.05, 3.63) is 102 Å². The second-order valence-corrected chi connectivity index (χ2v) is 12.1. The van der Waals surface area contributed by atoms with E-state index in [2.05, 4.69) is 25.7 Å². The lowest BCUT2D eigenvalue weighted by atomic mass is 10.1. The summed E-state index contributed by atoms with van der Waals surface area (Å²) in [4.78, 5) is 8.89. The first-order valence-corrected chi connectivity index (χ1v) is 15.0. The van der Waals surface area contributed by atoms with Gasteiger partial charge < -0.3 is 15.1 Å². The molecule has 6 rings (SSSR count). The molecule has 208 valence electrons. The van der Waals surface area contributed by atoms with Crippen molar-refractivity contribution in [1.82, 2.24) is 25.1 Å². The van der Waals surface area contributed by atoms with E-state index in [-0.39, 0.29) is 11.6 Å². The first-order valence-electron chi connectivity index (χ1n) is 12.9. The Kier molecular flexibility index (Phi) is 6.98. The fraction of sp³-hybridized carbons (Fsp3) is 0.167. The lowest BCUT2D eigenvalue weighted by Crippen LogP contribution is -2.24. The van der Waals surface area contributed by atoms with Crippen molar-refractivity contribution in [1.29, 1.82) is 0 Å². The number of aromatic nitrogens is 4. The normalized spacial score (nSPS) is 12.7. The van der Waals surface area contributed by atoms with Gasteiger partial charge in [0.15, 0.2) is 0 Å². The molecule has 0 bridgehead atoms. The molecule has 1 atom stereocenters. The molecule has 0 fully saturated rings. The molecule has 2 N–H and O–H groups in total. The van der Waals surface area contributed by atoms with Gasteiger partial charge in [0.25, 0.3) is 0 Å². The maximum Gasteiger partial charge on any atom is 0.149 e. The summed E-state index contributed by atoms with van der Waals surface area (Å²) in [6.07, 6.45) is 4.50. The molecule has 6 aromatic rings. The second kappa shape index (κ2) is 10.8. The molecule has 11 heteroatoms. The van der Waals surface area contributed by atoms with Gasteiger partial charge in [0.05, 0.1) is 35.6 Å². The van der Waals surface area contributed by atoms with Crippen LogP contribution in [0.3, 0.4) is 0 Å². The predicted octanol–water partition coefficient (Wildman–Crippen LogP) is 5.48. The monoisotopic (exact) mass is 570 g/mol. The van der Waals surface area contributed by atoms with Crippen molar-refractivity contribution in [2.45, 2.75) is 12.6 Å². The zero-order valence-electron chi connectivity index (χ0n) is 22.4. The third-order valence-corrected chi connectivity index (χ3v) is 7.77. The van der Waals surface area contributed by atoms with Crippen LogP contribution in [0.5, 0.6) is 0 Å². The van der Waals surface area contributed by atoms with E-state index in [9.17, 15) is 12.8 Å². The lowest BCUT2D eigenvalue weighted by molar-refractivity contribution is 0.456. The number of furan rings is 1. The number of anilines is 2. The van der Waals surface area contributed by atoms with Gasteiger partial charge in [-0.25, -0.2) is 22.8 Å². The summed E-state index contributed by atoms with van der Waals surface area (Å²) in [6, 6.07) is 21.3. The quantitative estimate of drug-likeness (QED) is 0.235. The maximum atomic E-state index is 13.6. The predicted molar refractivity (Wildman–Crippen MR) is 157 cm³/mol. The molecule has 0 spiro atoms. The van der Waals surface area contributed by atoms with Gasteiger partial charge in [-0.1, -0.05) is 12.1 Å². The largest absolute Gasteiger partial charge is 0.459 e. The van der Waals surface area contributed by atoms with Gasteiger partial charge in [0, 0.05) is 28.3 Å². The van der Waals surface area contributed by atoms with Crippen LogP contribution in [-0.2, 0) is 16.4 Å². The van der Waals surface area contributed by atoms with Crippen LogP contribution in [0.15, 0.2) is 89.7 Å². The Morgan fingerprint density at radius 1 is 1.02 bits per heavy atom. The topological polar surface area (TPSA) is 115 Å². The van der Waals surface area contributed by atoms with Gasteiger partial charge in [-0.05, 0) is 73.3 Å². The molecule has 0 aliphatic rings. The maximum absolute atomic E-state index is 13.6. The van der Waals surface area contributed by atoms with E-state index in [0.717, 1.165) is 38.6 Å². The van der Waals surface area contributed by atoms with Gasteiger partial charge in [-0.3, -0.25) is 4.68 Å². The number of sulfone groups is 1. The molecule has 0 aliphatic carbocycles. The van der Waals surface area contributed by atoms with Crippen LogP contribution >= 0.6 is 0 Å². The Morgan fingerprint density at radius 3 is 2.71 bits per heavy atom. The first-order chi connectivity index (χ1) is 19.8. The molecule has 0 radical (unpaired) electrons. The number of benzene rings is 3. The molecule has 3 heterocycles. The molecular weight excluding hydrogens is 543 g/mol. The lowest BCUT2D eigenvalue weighted by Gasteiger charge is -2.12. The molecule has 9 nitrogen and oxygen atoms in total. The number of nitrogens with zero attached hydrogens (tertiary/aromatic N) is 4. The molecule has 3 aromatic carbocycles. The first kappa shape index (κ1) is 26.6. The van der Waals surface area contributed by atoms with Crippen LogP contribution in [0.1, 0.15) is 17.4 Å². The molecule has 3 aromatic heterocycles. The van der Waals surface area contributed by atoms with Crippen LogP contribution < -0.4 is 10.6 Å². The fourth-order valence-electron chi connectivity index (χ4n) is 4.85. The van der Waals surface area contributed by atoms with Gasteiger partial charge in [-0.2, -0.15) is 5.10 Å². The third-order valence-electron chi connectivity index (χ3n) is 6.83. The highest BCUT2D eigenvalue weighted by molar-refractivity contribution is 7.90. The molecular formula is C30H27FN6O3S. The smallest absolute Gasteiger partial charge is 0.149 e. The van der Waals surface area contributed by atoms with Gasteiger partial charge in [-0.15, -0.1) is 0 Å². The van der Waals surface area contributed by atoms with E-state index in [1.807, 2.05) is 53.2 Å². The average Bonchev–Trinajstić information content (AvgIpc) is 3.59. The molecule has 0 saturated heterocycles. The minimum absolute atomic E-state index is 0.0653. The molecule has 0 saturated carbocycles. The van der Waals surface area contributed by atoms with Gasteiger partial charge >= 0.3 is 0 Å². The fourth-order valence-corrected chi connectivity index (χ4v) is 5.79. The standard InChI is InChI=1S/C30H27FN6O3S/c1-32-26(17-41(2,38)39)29-11-10-28(40-29)20-6-8-25-24(14-20)30(34-18-33-25)36-23-7-9-27-21(13-23)15-35-37(27)16-19-4-3-5-22(31)12-19/h3-15,18,26,32H,16-17H2,1-2H3,(H,33,34,36)/t26-/m1/s1. The Morgan fingerprint density at radius 2 is 1.90 bits per heavy atom. The second-order valence-electron chi connectivity index (χ2n) is 9.92. The van der Waals surface area contributed by atoms with E-state index in [1.54, 1.807) is 25.4 Å². The molecule has 0 amide bonds. The minimum atomic E-state index is -3.20. The summed E-state index contributed by atoms with van der Waals surface area (Å²) < 4.78 is 45.2. The summed E-state index contributed by atoms with van der Waals surface area (Å²) >= 11 is 0. The Labute approximate surface area is 236 Å². The van der Waals surface area contributed by atoms with E-state index in [4.69, 9.17) is 4.42 Å². The minimum Gasteiger partial charge on any atom is -0.459 e. The number of hydrogen-bond acceptors (Lipinski definition) is 8. The zero-order valence-corrected chi connectivity index (χ0v) is 23.2. The highest BCUT2D eigenvalue weighted by Crippen LogP contribution is 2.31. The molecule has 41 heavy (non-hydrogen) atoms. The zero-order chi connectivity index (χ0) is 28.6. The van der Waals surface area contributed by atoms with Crippen LogP contribution in [0.2, 0.25) is 0 Å².